The second kappa shape index (κ2) is 15.1. The van der Waals surface area contributed by atoms with Crippen molar-refractivity contribution in [2.24, 2.45) is 5.73 Å². The number of piperidine rings is 1. The largest absolute Gasteiger partial charge is 0.393 e. The molecule has 27 heavy (non-hydrogen) atoms. The molecule has 0 radical (unpaired) electrons. The zero-order valence-corrected chi connectivity index (χ0v) is 17.7. The van der Waals surface area contributed by atoms with Crippen molar-refractivity contribution in [2.75, 3.05) is 19.6 Å². The summed E-state index contributed by atoms with van der Waals surface area (Å²) in [5, 5.41) is 12.7. The van der Waals surface area contributed by atoms with Crippen LogP contribution in [0.4, 0.5) is 0 Å². The predicted molar refractivity (Wildman–Crippen MR) is 115 cm³/mol. The average Bonchev–Trinajstić information content (AvgIpc) is 2.63. The lowest BCUT2D eigenvalue weighted by molar-refractivity contribution is -0.121. The number of aliphatic hydroxyl groups is 1. The van der Waals surface area contributed by atoms with Gasteiger partial charge < -0.3 is 16.2 Å². The number of unbranched alkanes of at least 4 members (excludes halogenated alkanes) is 3. The van der Waals surface area contributed by atoms with Gasteiger partial charge in [0.25, 0.3) is 0 Å². The van der Waals surface area contributed by atoms with Crippen molar-refractivity contribution in [2.45, 2.75) is 64.1 Å². The summed E-state index contributed by atoms with van der Waals surface area (Å²) in [6.45, 7) is 4.08. The fourth-order valence-corrected chi connectivity index (χ4v) is 3.27. The van der Waals surface area contributed by atoms with E-state index in [1.165, 1.54) is 11.1 Å². The molecule has 4 N–H and O–H groups in total. The van der Waals surface area contributed by atoms with Gasteiger partial charge in [-0.1, -0.05) is 37.1 Å². The second-order valence-corrected chi connectivity index (χ2v) is 7.01. The Bertz CT molecular complexity index is 524. The number of carbonyl (C=O) groups is 1. The predicted octanol–water partition coefficient (Wildman–Crippen LogP) is 3.01. The lowest BCUT2D eigenvalue weighted by Crippen LogP contribution is -2.35. The highest BCUT2D eigenvalue weighted by Gasteiger charge is 2.17. The molecule has 1 aromatic carbocycles. The monoisotopic (exact) mass is 419 g/mol. The van der Waals surface area contributed by atoms with Crippen LogP contribution < -0.4 is 11.1 Å². The average molecular weight is 420 g/mol. The van der Waals surface area contributed by atoms with Crippen molar-refractivity contribution in [3.63, 3.8) is 0 Å². The first kappa shape index (κ1) is 26.1. The van der Waals surface area contributed by atoms with Crippen LogP contribution in [0.25, 0.3) is 0 Å². The van der Waals surface area contributed by atoms with Gasteiger partial charge in [0.05, 0.1) is 6.10 Å². The van der Waals surface area contributed by atoms with Crippen molar-refractivity contribution in [1.29, 1.82) is 0 Å². The molecule has 1 saturated heterocycles. The zero-order valence-electron chi connectivity index (χ0n) is 16.1. The normalized spacial score (nSPS) is 14.9. The molecule has 1 aromatic rings. The molecule has 0 aliphatic carbocycles. The molecule has 1 heterocycles. The number of halogens is 2. The van der Waals surface area contributed by atoms with Gasteiger partial charge in [0.1, 0.15) is 0 Å². The van der Waals surface area contributed by atoms with Crippen LogP contribution >= 0.6 is 24.8 Å². The van der Waals surface area contributed by atoms with Crippen LogP contribution in [-0.2, 0) is 17.9 Å². The number of hydrogen-bond donors (Lipinski definition) is 3. The summed E-state index contributed by atoms with van der Waals surface area (Å²) >= 11 is 0. The van der Waals surface area contributed by atoms with E-state index in [1.54, 1.807) is 0 Å². The number of aliphatic hydroxyl groups excluding tert-OH is 1. The Morgan fingerprint density at radius 3 is 2.37 bits per heavy atom. The molecule has 0 atom stereocenters. The quantitative estimate of drug-likeness (QED) is 0.509. The van der Waals surface area contributed by atoms with Gasteiger partial charge >= 0.3 is 0 Å². The molecule has 0 saturated carbocycles. The molecule has 7 heteroatoms. The molecule has 1 aliphatic heterocycles. The zero-order chi connectivity index (χ0) is 17.9. The van der Waals surface area contributed by atoms with E-state index in [2.05, 4.69) is 28.4 Å². The van der Waals surface area contributed by atoms with Crippen molar-refractivity contribution in [3.05, 3.63) is 35.4 Å². The van der Waals surface area contributed by atoms with Crippen LogP contribution in [-0.4, -0.2) is 41.7 Å². The summed E-state index contributed by atoms with van der Waals surface area (Å²) < 4.78 is 0. The van der Waals surface area contributed by atoms with Crippen LogP contribution in [0.1, 0.15) is 56.1 Å². The van der Waals surface area contributed by atoms with Gasteiger partial charge in [-0.25, -0.2) is 0 Å². The molecule has 1 fully saturated rings. The molecule has 0 spiro atoms. The third-order valence-corrected chi connectivity index (χ3v) is 4.90. The van der Waals surface area contributed by atoms with E-state index in [1.807, 2.05) is 6.07 Å². The lowest BCUT2D eigenvalue weighted by atomic mass is 10.0. The van der Waals surface area contributed by atoms with Crippen LogP contribution in [0.15, 0.2) is 24.3 Å². The van der Waals surface area contributed by atoms with E-state index in [9.17, 15) is 9.90 Å². The number of benzene rings is 1. The van der Waals surface area contributed by atoms with Crippen molar-refractivity contribution in [3.8, 4) is 0 Å². The molecule has 5 nitrogen and oxygen atoms in total. The van der Waals surface area contributed by atoms with Gasteiger partial charge in [0.2, 0.25) is 5.91 Å². The van der Waals surface area contributed by atoms with Gasteiger partial charge in [-0.05, 0) is 43.4 Å². The Kier molecular flexibility index (Phi) is 14.6. The van der Waals surface area contributed by atoms with Crippen LogP contribution in [0, 0.1) is 0 Å². The van der Waals surface area contributed by atoms with E-state index in [0.717, 1.165) is 64.7 Å². The van der Waals surface area contributed by atoms with Gasteiger partial charge in [-0.2, -0.15) is 0 Å². The minimum absolute atomic E-state index is 0. The number of carbonyl (C=O) groups excluding carboxylic acids is 1. The van der Waals surface area contributed by atoms with E-state index in [0.29, 0.717) is 13.0 Å². The summed E-state index contributed by atoms with van der Waals surface area (Å²) in [5.74, 6) is 0.128. The molecule has 1 amide bonds. The summed E-state index contributed by atoms with van der Waals surface area (Å²) in [4.78, 5) is 14.4. The van der Waals surface area contributed by atoms with Crippen molar-refractivity contribution < 1.29 is 9.90 Å². The number of amides is 1. The molecule has 0 bridgehead atoms. The van der Waals surface area contributed by atoms with E-state index in [-0.39, 0.29) is 36.8 Å². The Balaban J connectivity index is 0.00000338. The van der Waals surface area contributed by atoms with Crippen molar-refractivity contribution >= 4 is 30.7 Å². The van der Waals surface area contributed by atoms with E-state index in [4.69, 9.17) is 5.73 Å². The maximum atomic E-state index is 12.0. The minimum atomic E-state index is -0.143. The molecule has 1 aliphatic rings. The number of likely N-dealkylation sites (tertiary alicyclic amines) is 1. The molecule has 2 rings (SSSR count). The topological polar surface area (TPSA) is 78.6 Å². The van der Waals surface area contributed by atoms with Gasteiger partial charge in [0.15, 0.2) is 0 Å². The summed E-state index contributed by atoms with van der Waals surface area (Å²) in [7, 11) is 0. The summed E-state index contributed by atoms with van der Waals surface area (Å²) in [6, 6.07) is 8.31. The number of hydrogen-bond acceptors (Lipinski definition) is 4. The Morgan fingerprint density at radius 1 is 1.07 bits per heavy atom. The highest BCUT2D eigenvalue weighted by molar-refractivity contribution is 5.85. The second-order valence-electron chi connectivity index (χ2n) is 7.01. The van der Waals surface area contributed by atoms with Gasteiger partial charge in [-0.3, -0.25) is 9.69 Å². The van der Waals surface area contributed by atoms with E-state index >= 15 is 0 Å². The van der Waals surface area contributed by atoms with Crippen LogP contribution in [0.3, 0.4) is 0 Å². The maximum absolute atomic E-state index is 12.0. The fourth-order valence-electron chi connectivity index (χ4n) is 3.27. The number of nitrogens with zero attached hydrogens (tertiary/aromatic N) is 1. The Labute approximate surface area is 175 Å². The number of nitrogens with one attached hydrogen (secondary N) is 1. The van der Waals surface area contributed by atoms with Crippen LogP contribution in [0.5, 0.6) is 0 Å². The molecule has 156 valence electrons. The van der Waals surface area contributed by atoms with E-state index < -0.39 is 0 Å². The molecular formula is C20H35Cl2N3O2. The third kappa shape index (κ3) is 10.3. The van der Waals surface area contributed by atoms with Crippen LogP contribution in [0.2, 0.25) is 0 Å². The SMILES string of the molecule is Cl.Cl.NCCCCCCC(=O)NCc1ccccc1CN1CCC(O)CC1. The Morgan fingerprint density at radius 2 is 1.70 bits per heavy atom. The minimum Gasteiger partial charge on any atom is -0.393 e. The lowest BCUT2D eigenvalue weighted by Gasteiger charge is -2.30. The summed E-state index contributed by atoms with van der Waals surface area (Å²) in [5.41, 5.74) is 7.93. The highest BCUT2D eigenvalue weighted by Crippen LogP contribution is 2.16. The number of rotatable bonds is 10. The third-order valence-electron chi connectivity index (χ3n) is 4.90. The maximum Gasteiger partial charge on any atom is 0.220 e. The standard InChI is InChI=1S/C20H33N3O2.2ClH/c21-12-6-2-1-3-9-20(25)22-15-17-7-4-5-8-18(17)16-23-13-10-19(24)11-14-23;;/h4-5,7-8,19,24H,1-3,6,9-16,21H2,(H,22,25);2*1H. The smallest absolute Gasteiger partial charge is 0.220 e. The number of nitrogens with two attached hydrogens (primary N) is 1. The highest BCUT2D eigenvalue weighted by atomic mass is 35.5. The first-order valence-electron chi connectivity index (χ1n) is 9.63. The first-order valence-corrected chi connectivity index (χ1v) is 9.63. The molecule has 0 unspecified atom stereocenters. The molecule has 0 aromatic heterocycles. The Hall–Kier alpha value is -0.850. The first-order chi connectivity index (χ1) is 12.2. The van der Waals surface area contributed by atoms with Gasteiger partial charge in [-0.15, -0.1) is 24.8 Å². The van der Waals surface area contributed by atoms with Crippen molar-refractivity contribution in [1.82, 2.24) is 10.2 Å². The summed E-state index contributed by atoms with van der Waals surface area (Å²) in [6.07, 6.45) is 6.31. The molecular weight excluding hydrogens is 385 g/mol. The van der Waals surface area contributed by atoms with Gasteiger partial charge in [0, 0.05) is 32.6 Å². The fraction of sp³-hybridized carbons (Fsp3) is 0.650.